The van der Waals surface area contributed by atoms with E-state index in [1.165, 1.54) is 25.8 Å². The quantitative estimate of drug-likeness (QED) is 0.696. The van der Waals surface area contributed by atoms with E-state index in [1.807, 2.05) is 30.3 Å². The lowest BCUT2D eigenvalue weighted by atomic mass is 10.0. The molecule has 1 saturated heterocycles. The van der Waals surface area contributed by atoms with Gasteiger partial charge in [0.15, 0.2) is 0 Å². The fourth-order valence-electron chi connectivity index (χ4n) is 3.68. The minimum atomic E-state index is -0.122. The Hall–Kier alpha value is -2.27. The van der Waals surface area contributed by atoms with E-state index in [4.69, 9.17) is 4.74 Å². The number of benzene rings is 2. The smallest absolute Gasteiger partial charge is 0.314 e. The van der Waals surface area contributed by atoms with Gasteiger partial charge in [0.25, 0.3) is 0 Å². The molecule has 0 radical (unpaired) electrons. The summed E-state index contributed by atoms with van der Waals surface area (Å²) in [7, 11) is 0. The second-order valence-electron chi connectivity index (χ2n) is 7.24. The lowest BCUT2D eigenvalue weighted by Crippen LogP contribution is -2.41. The summed E-state index contributed by atoms with van der Waals surface area (Å²) in [6.07, 6.45) is 4.93. The van der Waals surface area contributed by atoms with Gasteiger partial charge in [-0.3, -0.25) is 0 Å². The van der Waals surface area contributed by atoms with E-state index < -0.39 is 0 Å². The molecule has 1 fully saturated rings. The first-order valence-corrected chi connectivity index (χ1v) is 10.1. The third kappa shape index (κ3) is 5.86. The molecule has 1 heterocycles. The van der Waals surface area contributed by atoms with Crippen LogP contribution in [-0.2, 0) is 0 Å². The molecular weight excluding hydrogens is 338 g/mol. The van der Waals surface area contributed by atoms with Gasteiger partial charge in [-0.25, -0.2) is 4.79 Å². The Morgan fingerprint density at radius 3 is 2.81 bits per heavy atom. The van der Waals surface area contributed by atoms with E-state index >= 15 is 0 Å². The number of urea groups is 1. The van der Waals surface area contributed by atoms with Gasteiger partial charge in [-0.1, -0.05) is 42.8 Å². The van der Waals surface area contributed by atoms with Crippen LogP contribution in [0.15, 0.2) is 42.5 Å². The molecule has 2 aromatic rings. The summed E-state index contributed by atoms with van der Waals surface area (Å²) in [6, 6.07) is 14.7. The van der Waals surface area contributed by atoms with Crippen molar-refractivity contribution in [2.45, 2.75) is 38.6 Å². The molecule has 5 nitrogen and oxygen atoms in total. The SMILES string of the molecule is CC1CCCCN1CCCNC(=O)NCCOc1cccc2ccccc12. The molecule has 1 aliphatic rings. The van der Waals surface area contributed by atoms with Gasteiger partial charge < -0.3 is 20.3 Å². The van der Waals surface area contributed by atoms with Crippen LogP contribution in [0, 0.1) is 0 Å². The van der Waals surface area contributed by atoms with Crippen LogP contribution >= 0.6 is 0 Å². The Labute approximate surface area is 162 Å². The number of carbonyl (C=O) groups excluding carboxylic acids is 1. The van der Waals surface area contributed by atoms with Gasteiger partial charge in [0, 0.05) is 24.5 Å². The van der Waals surface area contributed by atoms with Crippen molar-refractivity contribution in [1.82, 2.24) is 15.5 Å². The van der Waals surface area contributed by atoms with Crippen molar-refractivity contribution in [3.05, 3.63) is 42.5 Å². The maximum atomic E-state index is 11.9. The normalized spacial score (nSPS) is 17.6. The molecule has 1 unspecified atom stereocenters. The van der Waals surface area contributed by atoms with Gasteiger partial charge >= 0.3 is 6.03 Å². The first-order valence-electron chi connectivity index (χ1n) is 10.1. The molecule has 0 aliphatic carbocycles. The molecule has 0 spiro atoms. The van der Waals surface area contributed by atoms with Crippen LogP contribution in [0.2, 0.25) is 0 Å². The first kappa shape index (κ1) is 19.5. The molecular formula is C22H31N3O2. The minimum absolute atomic E-state index is 0.122. The number of amides is 2. The van der Waals surface area contributed by atoms with Crippen molar-refractivity contribution in [2.24, 2.45) is 0 Å². The van der Waals surface area contributed by atoms with Crippen LogP contribution in [0.5, 0.6) is 5.75 Å². The van der Waals surface area contributed by atoms with Gasteiger partial charge in [0.05, 0.1) is 6.54 Å². The van der Waals surface area contributed by atoms with E-state index in [-0.39, 0.29) is 6.03 Å². The third-order valence-corrected chi connectivity index (χ3v) is 5.24. The average Bonchev–Trinajstić information content (AvgIpc) is 2.70. The molecule has 1 atom stereocenters. The van der Waals surface area contributed by atoms with E-state index in [1.54, 1.807) is 0 Å². The van der Waals surface area contributed by atoms with Gasteiger partial charge in [-0.05, 0) is 44.2 Å². The highest BCUT2D eigenvalue weighted by Gasteiger charge is 2.17. The zero-order valence-electron chi connectivity index (χ0n) is 16.2. The van der Waals surface area contributed by atoms with Crippen LogP contribution in [0.1, 0.15) is 32.6 Å². The molecule has 0 aromatic heterocycles. The number of nitrogens with one attached hydrogen (secondary N) is 2. The summed E-state index contributed by atoms with van der Waals surface area (Å²) in [5.74, 6) is 0.853. The average molecular weight is 370 g/mol. The topological polar surface area (TPSA) is 53.6 Å². The number of hydrogen-bond donors (Lipinski definition) is 2. The molecule has 2 amide bonds. The maximum absolute atomic E-state index is 11.9. The molecule has 27 heavy (non-hydrogen) atoms. The number of carbonyl (C=O) groups is 1. The van der Waals surface area contributed by atoms with E-state index in [2.05, 4.69) is 34.6 Å². The van der Waals surface area contributed by atoms with Crippen molar-refractivity contribution in [3.8, 4) is 5.75 Å². The van der Waals surface area contributed by atoms with Crippen LogP contribution in [-0.4, -0.2) is 49.8 Å². The van der Waals surface area contributed by atoms with Crippen molar-refractivity contribution >= 4 is 16.8 Å². The molecule has 0 bridgehead atoms. The fourth-order valence-corrected chi connectivity index (χ4v) is 3.68. The monoisotopic (exact) mass is 369 g/mol. The molecule has 5 heteroatoms. The number of fused-ring (bicyclic) bond motifs is 1. The lowest BCUT2D eigenvalue weighted by molar-refractivity contribution is 0.159. The van der Waals surface area contributed by atoms with Crippen molar-refractivity contribution in [2.75, 3.05) is 32.8 Å². The molecule has 2 N–H and O–H groups in total. The van der Waals surface area contributed by atoms with E-state index in [0.717, 1.165) is 29.5 Å². The molecule has 3 rings (SSSR count). The number of rotatable bonds is 8. The second kappa shape index (κ2) is 10.2. The Kier molecular flexibility index (Phi) is 7.34. The van der Waals surface area contributed by atoms with Gasteiger partial charge in [0.1, 0.15) is 12.4 Å². The van der Waals surface area contributed by atoms with Gasteiger partial charge in [-0.15, -0.1) is 0 Å². The van der Waals surface area contributed by atoms with E-state index in [9.17, 15) is 4.79 Å². The fraction of sp³-hybridized carbons (Fsp3) is 0.500. The molecule has 146 valence electrons. The van der Waals surface area contributed by atoms with Crippen LogP contribution in [0.25, 0.3) is 10.8 Å². The van der Waals surface area contributed by atoms with Crippen molar-refractivity contribution in [1.29, 1.82) is 0 Å². The van der Waals surface area contributed by atoms with Gasteiger partial charge in [0.2, 0.25) is 0 Å². The van der Waals surface area contributed by atoms with Gasteiger partial charge in [-0.2, -0.15) is 0 Å². The van der Waals surface area contributed by atoms with Crippen LogP contribution < -0.4 is 15.4 Å². The predicted octanol–water partition coefficient (Wildman–Crippen LogP) is 3.78. The highest BCUT2D eigenvalue weighted by molar-refractivity contribution is 5.88. The summed E-state index contributed by atoms with van der Waals surface area (Å²) in [4.78, 5) is 14.4. The maximum Gasteiger partial charge on any atom is 0.314 e. The molecule has 2 aromatic carbocycles. The number of likely N-dealkylation sites (tertiary alicyclic amines) is 1. The zero-order chi connectivity index (χ0) is 18.9. The second-order valence-corrected chi connectivity index (χ2v) is 7.24. The highest BCUT2D eigenvalue weighted by Crippen LogP contribution is 2.24. The summed E-state index contributed by atoms with van der Waals surface area (Å²) in [5.41, 5.74) is 0. The Balaban J connectivity index is 1.29. The standard InChI is InChI=1S/C22H31N3O2/c1-18-8-4-5-15-25(18)16-7-13-23-22(26)24-14-17-27-21-12-6-10-19-9-2-3-11-20(19)21/h2-3,6,9-12,18H,4-5,7-8,13-17H2,1H3,(H2,23,24,26). The van der Waals surface area contributed by atoms with Crippen molar-refractivity contribution < 1.29 is 9.53 Å². The summed E-state index contributed by atoms with van der Waals surface area (Å²) in [5, 5.41) is 8.04. The summed E-state index contributed by atoms with van der Waals surface area (Å²) in [6.45, 7) is 6.20. The number of piperidine rings is 1. The summed E-state index contributed by atoms with van der Waals surface area (Å²) < 4.78 is 5.84. The first-order chi connectivity index (χ1) is 13.2. The number of ether oxygens (including phenoxy) is 1. The van der Waals surface area contributed by atoms with Crippen LogP contribution in [0.3, 0.4) is 0 Å². The Bertz CT molecular complexity index is 729. The largest absolute Gasteiger partial charge is 0.491 e. The van der Waals surface area contributed by atoms with Crippen molar-refractivity contribution in [3.63, 3.8) is 0 Å². The van der Waals surface area contributed by atoms with E-state index in [0.29, 0.717) is 25.7 Å². The highest BCUT2D eigenvalue weighted by atomic mass is 16.5. The number of hydrogen-bond acceptors (Lipinski definition) is 3. The molecule has 1 aliphatic heterocycles. The van der Waals surface area contributed by atoms with Crippen LogP contribution in [0.4, 0.5) is 4.79 Å². The third-order valence-electron chi connectivity index (χ3n) is 5.24. The minimum Gasteiger partial charge on any atom is -0.491 e. The zero-order valence-corrected chi connectivity index (χ0v) is 16.2. The predicted molar refractivity (Wildman–Crippen MR) is 110 cm³/mol. The Morgan fingerprint density at radius 1 is 1.11 bits per heavy atom. The molecule has 0 saturated carbocycles. The Morgan fingerprint density at radius 2 is 1.93 bits per heavy atom. The summed E-state index contributed by atoms with van der Waals surface area (Å²) >= 11 is 0. The lowest BCUT2D eigenvalue weighted by Gasteiger charge is -2.33. The number of nitrogens with zero attached hydrogens (tertiary/aromatic N) is 1.